The number of hydrogen-bond acceptors (Lipinski definition) is 5. The van der Waals surface area contributed by atoms with Crippen molar-refractivity contribution in [2.45, 2.75) is 13.3 Å². The Morgan fingerprint density at radius 1 is 1.00 bits per heavy atom. The van der Waals surface area contributed by atoms with Crippen molar-refractivity contribution in [1.29, 1.82) is 0 Å². The summed E-state index contributed by atoms with van der Waals surface area (Å²) >= 11 is 3.36. The molecule has 0 unspecified atom stereocenters. The monoisotopic (exact) mass is 480 g/mol. The van der Waals surface area contributed by atoms with E-state index in [0.29, 0.717) is 29.2 Å². The maximum Gasteiger partial charge on any atom is 0.343 e. The predicted octanol–water partition coefficient (Wildman–Crippen LogP) is 4.76. The third-order valence-corrected chi connectivity index (χ3v) is 4.69. The molecule has 0 saturated carbocycles. The Morgan fingerprint density at radius 2 is 1.74 bits per heavy atom. The van der Waals surface area contributed by atoms with Crippen LogP contribution in [0.25, 0.3) is 0 Å². The first-order chi connectivity index (χ1) is 15.0. The van der Waals surface area contributed by atoms with E-state index in [0.717, 1.165) is 10.0 Å². The van der Waals surface area contributed by atoms with Crippen LogP contribution in [0.3, 0.4) is 0 Å². The standard InChI is InChI=1S/C24H21BrN2O4/c1-2-30-22-14-18(10-13-21(22)31-24(29)19-6-4-3-5-7-19)16-26-27-23(28)15-17-8-11-20(25)12-9-17/h3-14,16H,2,15H2,1H3,(H,27,28). The minimum atomic E-state index is -0.469. The Hall–Kier alpha value is -3.45. The number of nitrogens with one attached hydrogen (secondary N) is 1. The number of esters is 1. The van der Waals surface area contributed by atoms with Gasteiger partial charge in [-0.05, 0) is 60.5 Å². The van der Waals surface area contributed by atoms with Gasteiger partial charge in [-0.2, -0.15) is 5.10 Å². The highest BCUT2D eigenvalue weighted by atomic mass is 79.9. The molecule has 3 aromatic rings. The van der Waals surface area contributed by atoms with Crippen LogP contribution in [0.15, 0.2) is 82.4 Å². The largest absolute Gasteiger partial charge is 0.490 e. The fourth-order valence-electron chi connectivity index (χ4n) is 2.70. The van der Waals surface area contributed by atoms with Crippen LogP contribution >= 0.6 is 15.9 Å². The smallest absolute Gasteiger partial charge is 0.343 e. The molecule has 6 nitrogen and oxygen atoms in total. The molecule has 1 N–H and O–H groups in total. The second-order valence-corrected chi connectivity index (χ2v) is 7.41. The van der Waals surface area contributed by atoms with Gasteiger partial charge in [0.05, 0.1) is 24.8 Å². The third kappa shape index (κ3) is 6.79. The number of benzene rings is 3. The van der Waals surface area contributed by atoms with E-state index in [9.17, 15) is 9.59 Å². The van der Waals surface area contributed by atoms with Crippen molar-refractivity contribution >= 4 is 34.0 Å². The molecule has 0 radical (unpaired) electrons. The molecule has 0 spiro atoms. The van der Waals surface area contributed by atoms with Crippen LogP contribution in [0.5, 0.6) is 11.5 Å². The Balaban J connectivity index is 1.63. The number of carbonyl (C=O) groups is 2. The van der Waals surface area contributed by atoms with Gasteiger partial charge in [-0.3, -0.25) is 4.79 Å². The summed E-state index contributed by atoms with van der Waals surface area (Å²) in [5, 5.41) is 4.00. The molecule has 0 aliphatic heterocycles. The molecule has 0 aliphatic rings. The molecule has 7 heteroatoms. The number of halogens is 1. The Kier molecular flexibility index (Phi) is 7.95. The molecule has 1 amide bonds. The summed E-state index contributed by atoms with van der Waals surface area (Å²) in [6, 6.07) is 21.3. The maximum atomic E-state index is 12.3. The number of carbonyl (C=O) groups excluding carboxylic acids is 2. The summed E-state index contributed by atoms with van der Waals surface area (Å²) in [5.41, 5.74) is 4.53. The van der Waals surface area contributed by atoms with Gasteiger partial charge in [-0.1, -0.05) is 46.3 Å². The number of hydrazone groups is 1. The normalized spacial score (nSPS) is 10.6. The molecule has 158 valence electrons. The van der Waals surface area contributed by atoms with Gasteiger partial charge in [-0.25, -0.2) is 10.2 Å². The summed E-state index contributed by atoms with van der Waals surface area (Å²) in [5.74, 6) is 0.0317. The summed E-state index contributed by atoms with van der Waals surface area (Å²) < 4.78 is 12.0. The number of ether oxygens (including phenoxy) is 2. The number of hydrogen-bond donors (Lipinski definition) is 1. The molecule has 0 aromatic heterocycles. The molecule has 0 fully saturated rings. The van der Waals surface area contributed by atoms with Crippen molar-refractivity contribution in [1.82, 2.24) is 5.43 Å². The highest BCUT2D eigenvalue weighted by molar-refractivity contribution is 9.10. The van der Waals surface area contributed by atoms with E-state index in [-0.39, 0.29) is 12.3 Å². The fourth-order valence-corrected chi connectivity index (χ4v) is 2.96. The molecule has 0 atom stereocenters. The minimum Gasteiger partial charge on any atom is -0.490 e. The van der Waals surface area contributed by atoms with Crippen molar-refractivity contribution in [3.8, 4) is 11.5 Å². The molecule has 3 rings (SSSR count). The lowest BCUT2D eigenvalue weighted by atomic mass is 10.1. The van der Waals surface area contributed by atoms with E-state index in [1.807, 2.05) is 37.3 Å². The first kappa shape index (κ1) is 22.2. The Bertz CT molecular complexity index is 1070. The van der Waals surface area contributed by atoms with Gasteiger partial charge in [0, 0.05) is 4.47 Å². The van der Waals surface area contributed by atoms with Crippen LogP contribution in [0.4, 0.5) is 0 Å². The van der Waals surface area contributed by atoms with Crippen molar-refractivity contribution in [3.05, 3.63) is 94.0 Å². The van der Waals surface area contributed by atoms with E-state index < -0.39 is 5.97 Å². The third-order valence-electron chi connectivity index (χ3n) is 4.16. The van der Waals surface area contributed by atoms with E-state index in [4.69, 9.17) is 9.47 Å². The van der Waals surface area contributed by atoms with Gasteiger partial charge >= 0.3 is 5.97 Å². The molecule has 3 aromatic carbocycles. The zero-order valence-electron chi connectivity index (χ0n) is 16.9. The predicted molar refractivity (Wildman–Crippen MR) is 123 cm³/mol. The Morgan fingerprint density at radius 3 is 2.45 bits per heavy atom. The summed E-state index contributed by atoms with van der Waals surface area (Å²) in [6.45, 7) is 2.24. The number of rotatable bonds is 8. The van der Waals surface area contributed by atoms with E-state index in [2.05, 4.69) is 26.5 Å². The molecule has 31 heavy (non-hydrogen) atoms. The average molecular weight is 481 g/mol. The van der Waals surface area contributed by atoms with E-state index in [1.54, 1.807) is 42.5 Å². The van der Waals surface area contributed by atoms with Crippen LogP contribution in [0, 0.1) is 0 Å². The van der Waals surface area contributed by atoms with Crippen molar-refractivity contribution < 1.29 is 19.1 Å². The Labute approximate surface area is 189 Å². The molecule has 0 heterocycles. The van der Waals surface area contributed by atoms with Gasteiger partial charge in [0.15, 0.2) is 11.5 Å². The second-order valence-electron chi connectivity index (χ2n) is 6.49. The van der Waals surface area contributed by atoms with Crippen molar-refractivity contribution in [2.24, 2.45) is 5.10 Å². The highest BCUT2D eigenvalue weighted by Crippen LogP contribution is 2.29. The molecular weight excluding hydrogens is 460 g/mol. The maximum absolute atomic E-state index is 12.3. The van der Waals surface area contributed by atoms with Crippen LogP contribution < -0.4 is 14.9 Å². The highest BCUT2D eigenvalue weighted by Gasteiger charge is 2.13. The van der Waals surface area contributed by atoms with Crippen LogP contribution in [0.1, 0.15) is 28.4 Å². The zero-order chi connectivity index (χ0) is 22.1. The van der Waals surface area contributed by atoms with Crippen molar-refractivity contribution in [3.63, 3.8) is 0 Å². The second kappa shape index (κ2) is 11.1. The average Bonchev–Trinajstić information content (AvgIpc) is 2.78. The zero-order valence-corrected chi connectivity index (χ0v) is 18.5. The van der Waals surface area contributed by atoms with Crippen LogP contribution in [0.2, 0.25) is 0 Å². The summed E-state index contributed by atoms with van der Waals surface area (Å²) in [7, 11) is 0. The SMILES string of the molecule is CCOc1cc(C=NNC(=O)Cc2ccc(Br)cc2)ccc1OC(=O)c1ccccc1. The summed E-state index contributed by atoms with van der Waals surface area (Å²) in [6.07, 6.45) is 1.73. The molecular formula is C24H21BrN2O4. The van der Waals surface area contributed by atoms with E-state index >= 15 is 0 Å². The van der Waals surface area contributed by atoms with Gasteiger partial charge in [-0.15, -0.1) is 0 Å². The lowest BCUT2D eigenvalue weighted by Crippen LogP contribution is -2.19. The lowest BCUT2D eigenvalue weighted by molar-refractivity contribution is -0.120. The van der Waals surface area contributed by atoms with Gasteiger partial charge in [0.2, 0.25) is 5.91 Å². The van der Waals surface area contributed by atoms with E-state index in [1.165, 1.54) is 6.21 Å². The lowest BCUT2D eigenvalue weighted by Gasteiger charge is -2.11. The quantitative estimate of drug-likeness (QED) is 0.218. The molecule has 0 bridgehead atoms. The van der Waals surface area contributed by atoms with Crippen LogP contribution in [-0.4, -0.2) is 24.7 Å². The summed E-state index contributed by atoms with van der Waals surface area (Å²) in [4.78, 5) is 24.4. The van der Waals surface area contributed by atoms with Crippen molar-refractivity contribution in [2.75, 3.05) is 6.61 Å². The molecule has 0 saturated heterocycles. The fraction of sp³-hybridized carbons (Fsp3) is 0.125. The number of nitrogens with zero attached hydrogens (tertiary/aromatic N) is 1. The minimum absolute atomic E-state index is 0.225. The van der Waals surface area contributed by atoms with Gasteiger partial charge in [0.1, 0.15) is 0 Å². The van der Waals surface area contributed by atoms with Gasteiger partial charge in [0.25, 0.3) is 0 Å². The first-order valence-electron chi connectivity index (χ1n) is 9.65. The topological polar surface area (TPSA) is 77.0 Å². The number of amides is 1. The first-order valence-corrected chi connectivity index (χ1v) is 10.4. The molecule has 0 aliphatic carbocycles. The van der Waals surface area contributed by atoms with Gasteiger partial charge < -0.3 is 9.47 Å². The van der Waals surface area contributed by atoms with Crippen LogP contribution in [-0.2, 0) is 11.2 Å².